The Morgan fingerprint density at radius 3 is 2.16 bits per heavy atom. The Labute approximate surface area is 144 Å². The van der Waals surface area contributed by atoms with E-state index in [4.69, 9.17) is 0 Å². The number of ether oxygens (including phenoxy) is 1. The van der Waals surface area contributed by atoms with E-state index in [-0.39, 0.29) is 11.7 Å². The van der Waals surface area contributed by atoms with Gasteiger partial charge >= 0.3 is 6.36 Å². The van der Waals surface area contributed by atoms with Gasteiger partial charge in [-0.1, -0.05) is 36.4 Å². The molecular formula is C20H19F3O2. The molecule has 0 aliphatic heterocycles. The van der Waals surface area contributed by atoms with Crippen LogP contribution in [0.4, 0.5) is 13.2 Å². The van der Waals surface area contributed by atoms with Crippen LogP contribution in [-0.2, 0) is 4.79 Å². The number of carbonyl (C=O) groups is 1. The summed E-state index contributed by atoms with van der Waals surface area (Å²) in [5.41, 5.74) is 3.08. The van der Waals surface area contributed by atoms with E-state index in [1.165, 1.54) is 17.7 Å². The van der Waals surface area contributed by atoms with Crippen LogP contribution in [0.25, 0.3) is 11.1 Å². The van der Waals surface area contributed by atoms with Crippen LogP contribution >= 0.6 is 0 Å². The number of halogens is 3. The lowest BCUT2D eigenvalue weighted by atomic mass is 9.77. The molecule has 3 rings (SSSR count). The van der Waals surface area contributed by atoms with E-state index in [2.05, 4.69) is 10.8 Å². The number of hydrogen-bond donors (Lipinski definition) is 0. The Kier molecular flexibility index (Phi) is 5.11. The van der Waals surface area contributed by atoms with Crippen molar-refractivity contribution in [2.75, 3.05) is 0 Å². The summed E-state index contributed by atoms with van der Waals surface area (Å²) < 4.78 is 40.8. The average Bonchev–Trinajstić information content (AvgIpc) is 2.61. The maximum atomic E-state index is 12.3. The first kappa shape index (κ1) is 17.5. The molecule has 2 aromatic carbocycles. The van der Waals surface area contributed by atoms with Crippen LogP contribution in [0.1, 0.15) is 37.2 Å². The molecule has 1 saturated carbocycles. The summed E-state index contributed by atoms with van der Waals surface area (Å²) in [6.07, 6.45) is 0.0469. The number of hydrogen-bond acceptors (Lipinski definition) is 2. The second kappa shape index (κ2) is 7.30. The average molecular weight is 348 g/mol. The minimum Gasteiger partial charge on any atom is -0.406 e. The second-order valence-electron chi connectivity index (χ2n) is 6.41. The van der Waals surface area contributed by atoms with Crippen LogP contribution < -0.4 is 4.74 Å². The van der Waals surface area contributed by atoms with Crippen molar-refractivity contribution in [2.45, 2.75) is 38.0 Å². The third kappa shape index (κ3) is 4.41. The normalized spacial score (nSPS) is 20.9. The first-order valence-electron chi connectivity index (χ1n) is 8.36. The molecule has 25 heavy (non-hydrogen) atoms. The molecule has 0 bridgehead atoms. The minimum absolute atomic E-state index is 0.155. The molecule has 0 amide bonds. The van der Waals surface area contributed by atoms with Crippen LogP contribution in [0.2, 0.25) is 0 Å². The van der Waals surface area contributed by atoms with E-state index in [0.29, 0.717) is 5.92 Å². The van der Waals surface area contributed by atoms with Crippen molar-refractivity contribution < 1.29 is 22.7 Å². The summed E-state index contributed by atoms with van der Waals surface area (Å²) >= 11 is 0. The summed E-state index contributed by atoms with van der Waals surface area (Å²) in [6, 6.07) is 13.9. The second-order valence-corrected chi connectivity index (χ2v) is 6.41. The van der Waals surface area contributed by atoms with E-state index >= 15 is 0 Å². The Hall–Kier alpha value is -2.30. The first-order valence-corrected chi connectivity index (χ1v) is 8.36. The Balaban J connectivity index is 1.82. The Morgan fingerprint density at radius 1 is 0.920 bits per heavy atom. The molecule has 0 aromatic heterocycles. The van der Waals surface area contributed by atoms with Gasteiger partial charge < -0.3 is 9.53 Å². The zero-order valence-electron chi connectivity index (χ0n) is 13.6. The molecule has 2 nitrogen and oxygen atoms in total. The van der Waals surface area contributed by atoms with Crippen molar-refractivity contribution in [3.05, 3.63) is 54.1 Å². The fourth-order valence-electron chi connectivity index (χ4n) is 3.52. The number of rotatable bonds is 4. The SMILES string of the molecule is O=CC1CCC(c2ccccc2-c2ccc(OC(F)(F)F)cc2)CC1. The van der Waals surface area contributed by atoms with Gasteiger partial charge in [0.1, 0.15) is 12.0 Å². The predicted octanol–water partition coefficient (Wildman–Crippen LogP) is 5.72. The standard InChI is InChI=1S/C20H19F3O2/c21-20(22,23)25-17-11-9-16(10-12-17)19-4-2-1-3-18(19)15-7-5-14(13-24)6-8-15/h1-4,9-15H,5-8H2. The molecule has 2 aromatic rings. The highest BCUT2D eigenvalue weighted by Gasteiger charge is 2.31. The van der Waals surface area contributed by atoms with Crippen molar-refractivity contribution in [3.63, 3.8) is 0 Å². The monoisotopic (exact) mass is 348 g/mol. The highest BCUT2D eigenvalue weighted by Crippen LogP contribution is 2.39. The largest absolute Gasteiger partial charge is 0.573 e. The van der Waals surface area contributed by atoms with Crippen molar-refractivity contribution in [3.8, 4) is 16.9 Å². The van der Waals surface area contributed by atoms with Gasteiger partial charge in [0.25, 0.3) is 0 Å². The summed E-state index contributed by atoms with van der Waals surface area (Å²) in [5, 5.41) is 0. The molecule has 132 valence electrons. The lowest BCUT2D eigenvalue weighted by Crippen LogP contribution is -2.17. The number of alkyl halides is 3. The number of carbonyl (C=O) groups excluding carboxylic acids is 1. The van der Waals surface area contributed by atoms with E-state index < -0.39 is 6.36 Å². The molecule has 1 aliphatic rings. The maximum Gasteiger partial charge on any atom is 0.573 e. The molecule has 0 N–H and O–H groups in total. The predicted molar refractivity (Wildman–Crippen MR) is 89.3 cm³/mol. The summed E-state index contributed by atoms with van der Waals surface area (Å²) in [4.78, 5) is 10.9. The molecule has 0 spiro atoms. The molecule has 0 saturated heterocycles. The Bertz CT molecular complexity index is 714. The fraction of sp³-hybridized carbons (Fsp3) is 0.350. The van der Waals surface area contributed by atoms with Gasteiger partial charge in [0.2, 0.25) is 0 Å². The molecule has 0 atom stereocenters. The number of aldehydes is 1. The minimum atomic E-state index is -4.68. The van der Waals surface area contributed by atoms with Crippen molar-refractivity contribution in [1.29, 1.82) is 0 Å². The fourth-order valence-corrected chi connectivity index (χ4v) is 3.52. The molecule has 1 fully saturated rings. The lowest BCUT2D eigenvalue weighted by molar-refractivity contribution is -0.274. The molecule has 0 radical (unpaired) electrons. The van der Waals surface area contributed by atoms with E-state index in [0.717, 1.165) is 43.1 Å². The smallest absolute Gasteiger partial charge is 0.406 e. The van der Waals surface area contributed by atoms with Gasteiger partial charge in [-0.05, 0) is 60.4 Å². The summed E-state index contributed by atoms with van der Waals surface area (Å²) in [5.74, 6) is 0.306. The van der Waals surface area contributed by atoms with Crippen LogP contribution in [0.15, 0.2) is 48.5 Å². The number of benzene rings is 2. The van der Waals surface area contributed by atoms with Crippen molar-refractivity contribution in [1.82, 2.24) is 0 Å². The van der Waals surface area contributed by atoms with Crippen molar-refractivity contribution in [2.24, 2.45) is 5.92 Å². The van der Waals surface area contributed by atoms with Gasteiger partial charge in [-0.25, -0.2) is 0 Å². The zero-order chi connectivity index (χ0) is 17.9. The highest BCUT2D eigenvalue weighted by molar-refractivity contribution is 5.68. The highest BCUT2D eigenvalue weighted by atomic mass is 19.4. The topological polar surface area (TPSA) is 26.3 Å². The Morgan fingerprint density at radius 2 is 1.56 bits per heavy atom. The molecule has 0 heterocycles. The third-order valence-electron chi connectivity index (χ3n) is 4.76. The van der Waals surface area contributed by atoms with Gasteiger partial charge in [-0.2, -0.15) is 0 Å². The van der Waals surface area contributed by atoms with Gasteiger partial charge in [-0.3, -0.25) is 0 Å². The van der Waals surface area contributed by atoms with Crippen LogP contribution in [0, 0.1) is 5.92 Å². The molecule has 5 heteroatoms. The summed E-state index contributed by atoms with van der Waals surface area (Å²) in [6.45, 7) is 0. The van der Waals surface area contributed by atoms with E-state index in [9.17, 15) is 18.0 Å². The van der Waals surface area contributed by atoms with E-state index in [1.807, 2.05) is 18.2 Å². The van der Waals surface area contributed by atoms with Crippen LogP contribution in [0.5, 0.6) is 5.75 Å². The molecular weight excluding hydrogens is 329 g/mol. The van der Waals surface area contributed by atoms with Gasteiger partial charge in [0.05, 0.1) is 0 Å². The van der Waals surface area contributed by atoms with Gasteiger partial charge in [0, 0.05) is 5.92 Å². The molecule has 0 unspecified atom stereocenters. The maximum absolute atomic E-state index is 12.3. The van der Waals surface area contributed by atoms with Gasteiger partial charge in [0.15, 0.2) is 0 Å². The van der Waals surface area contributed by atoms with Crippen LogP contribution in [-0.4, -0.2) is 12.6 Å². The van der Waals surface area contributed by atoms with Gasteiger partial charge in [-0.15, -0.1) is 13.2 Å². The first-order chi connectivity index (χ1) is 12.0. The lowest BCUT2D eigenvalue weighted by Gasteiger charge is -2.27. The van der Waals surface area contributed by atoms with Crippen LogP contribution in [0.3, 0.4) is 0 Å². The zero-order valence-corrected chi connectivity index (χ0v) is 13.6. The van der Waals surface area contributed by atoms with E-state index in [1.54, 1.807) is 12.1 Å². The quantitative estimate of drug-likeness (QED) is 0.660. The van der Waals surface area contributed by atoms with Crippen molar-refractivity contribution >= 4 is 6.29 Å². The summed E-state index contributed by atoms with van der Waals surface area (Å²) in [7, 11) is 0. The third-order valence-corrected chi connectivity index (χ3v) is 4.76. The molecule has 1 aliphatic carbocycles.